The summed E-state index contributed by atoms with van der Waals surface area (Å²) in [5.41, 5.74) is -0.376. The van der Waals surface area contributed by atoms with E-state index in [1.165, 1.54) is 6.07 Å². The molecule has 1 aromatic carbocycles. The summed E-state index contributed by atoms with van der Waals surface area (Å²) in [7, 11) is 0. The SMILES string of the molecule is CC(=O)N1CCC[C@@H]2N(C(=O)COc3ccc(F)cc3F)CCC[C@@]21C. The number of hydrogen-bond acceptors (Lipinski definition) is 3. The Morgan fingerprint density at radius 3 is 2.73 bits per heavy atom. The molecule has 7 heteroatoms. The van der Waals surface area contributed by atoms with Crippen LogP contribution in [0.3, 0.4) is 0 Å². The molecule has 5 nitrogen and oxygen atoms in total. The summed E-state index contributed by atoms with van der Waals surface area (Å²) in [6, 6.07) is 2.93. The van der Waals surface area contributed by atoms with E-state index < -0.39 is 11.6 Å². The van der Waals surface area contributed by atoms with E-state index in [-0.39, 0.29) is 35.8 Å². The van der Waals surface area contributed by atoms with Crippen molar-refractivity contribution in [3.63, 3.8) is 0 Å². The van der Waals surface area contributed by atoms with Crippen LogP contribution in [-0.4, -0.2) is 52.9 Å². The first-order valence-corrected chi connectivity index (χ1v) is 8.98. The average Bonchev–Trinajstić information content (AvgIpc) is 2.58. The molecule has 142 valence electrons. The van der Waals surface area contributed by atoms with Crippen LogP contribution in [0.1, 0.15) is 39.5 Å². The number of hydrogen-bond donors (Lipinski definition) is 0. The van der Waals surface area contributed by atoms with E-state index in [0.717, 1.165) is 37.8 Å². The molecule has 2 fully saturated rings. The second kappa shape index (κ2) is 7.21. The number of rotatable bonds is 3. The molecule has 0 aliphatic carbocycles. The number of fused-ring (bicyclic) bond motifs is 1. The first-order valence-electron chi connectivity index (χ1n) is 8.98. The van der Waals surface area contributed by atoms with Crippen LogP contribution in [0.2, 0.25) is 0 Å². The molecule has 2 atom stereocenters. The fraction of sp³-hybridized carbons (Fsp3) is 0.579. The average molecular weight is 366 g/mol. The number of carbonyl (C=O) groups excluding carboxylic acids is 2. The van der Waals surface area contributed by atoms with E-state index in [9.17, 15) is 18.4 Å². The van der Waals surface area contributed by atoms with Crippen LogP contribution in [-0.2, 0) is 9.59 Å². The molecule has 26 heavy (non-hydrogen) atoms. The molecule has 2 saturated heterocycles. The lowest BCUT2D eigenvalue weighted by Gasteiger charge is -2.56. The molecule has 0 N–H and O–H groups in total. The second-order valence-electron chi connectivity index (χ2n) is 7.24. The molecule has 3 rings (SSSR count). The van der Waals surface area contributed by atoms with Gasteiger partial charge in [0.05, 0.1) is 11.6 Å². The summed E-state index contributed by atoms with van der Waals surface area (Å²) >= 11 is 0. The maximum absolute atomic E-state index is 13.7. The van der Waals surface area contributed by atoms with Gasteiger partial charge in [0.25, 0.3) is 5.91 Å². The van der Waals surface area contributed by atoms with Gasteiger partial charge in [0.15, 0.2) is 18.2 Å². The smallest absolute Gasteiger partial charge is 0.260 e. The van der Waals surface area contributed by atoms with Gasteiger partial charge in [-0.25, -0.2) is 8.78 Å². The van der Waals surface area contributed by atoms with Crippen LogP contribution >= 0.6 is 0 Å². The minimum absolute atomic E-state index is 0.0242. The first-order chi connectivity index (χ1) is 12.3. The van der Waals surface area contributed by atoms with Crippen LogP contribution in [0, 0.1) is 11.6 Å². The van der Waals surface area contributed by atoms with Crippen molar-refractivity contribution in [3.8, 4) is 5.75 Å². The molecule has 0 unspecified atom stereocenters. The summed E-state index contributed by atoms with van der Waals surface area (Å²) in [5, 5.41) is 0. The van der Waals surface area contributed by atoms with Gasteiger partial charge in [-0.15, -0.1) is 0 Å². The third kappa shape index (κ3) is 3.39. The molecule has 0 spiro atoms. The number of nitrogens with zero attached hydrogens (tertiary/aromatic N) is 2. The largest absolute Gasteiger partial charge is 0.481 e. The van der Waals surface area contributed by atoms with Crippen molar-refractivity contribution < 1.29 is 23.1 Å². The summed E-state index contributed by atoms with van der Waals surface area (Å²) < 4.78 is 31.9. The fourth-order valence-electron chi connectivity index (χ4n) is 4.38. The minimum Gasteiger partial charge on any atom is -0.481 e. The summed E-state index contributed by atoms with van der Waals surface area (Å²) in [5.74, 6) is -1.89. The van der Waals surface area contributed by atoms with E-state index in [2.05, 4.69) is 0 Å². The van der Waals surface area contributed by atoms with E-state index in [1.807, 2.05) is 11.8 Å². The molecule has 2 aliphatic rings. The van der Waals surface area contributed by atoms with E-state index in [0.29, 0.717) is 13.1 Å². The van der Waals surface area contributed by atoms with Gasteiger partial charge in [-0.1, -0.05) is 0 Å². The quantitative estimate of drug-likeness (QED) is 0.827. The van der Waals surface area contributed by atoms with E-state index >= 15 is 0 Å². The first kappa shape index (κ1) is 18.6. The topological polar surface area (TPSA) is 49.9 Å². The molecule has 1 aromatic rings. The lowest BCUT2D eigenvalue weighted by Crippen LogP contribution is -2.68. The van der Waals surface area contributed by atoms with Gasteiger partial charge in [-0.05, 0) is 44.7 Å². The van der Waals surface area contributed by atoms with Gasteiger partial charge in [0.2, 0.25) is 5.91 Å². The number of amides is 2. The monoisotopic (exact) mass is 366 g/mol. The van der Waals surface area contributed by atoms with Gasteiger partial charge >= 0.3 is 0 Å². The van der Waals surface area contributed by atoms with Gasteiger partial charge in [-0.3, -0.25) is 9.59 Å². The van der Waals surface area contributed by atoms with Gasteiger partial charge in [0, 0.05) is 26.1 Å². The maximum Gasteiger partial charge on any atom is 0.260 e. The van der Waals surface area contributed by atoms with E-state index in [1.54, 1.807) is 11.8 Å². The molecule has 2 amide bonds. The highest BCUT2D eigenvalue weighted by Crippen LogP contribution is 2.39. The van der Waals surface area contributed by atoms with Crippen LogP contribution in [0.25, 0.3) is 0 Å². The zero-order valence-corrected chi connectivity index (χ0v) is 15.1. The summed E-state index contributed by atoms with van der Waals surface area (Å²) in [4.78, 5) is 28.4. The summed E-state index contributed by atoms with van der Waals surface area (Å²) in [6.07, 6.45) is 3.33. The second-order valence-corrected chi connectivity index (χ2v) is 7.24. The molecule has 0 aromatic heterocycles. The Balaban J connectivity index is 1.71. The predicted octanol–water partition coefficient (Wildman–Crippen LogP) is 2.74. The van der Waals surface area contributed by atoms with Gasteiger partial charge in [-0.2, -0.15) is 0 Å². The molecule has 0 bridgehead atoms. The third-order valence-corrected chi connectivity index (χ3v) is 5.60. The molecular weight excluding hydrogens is 342 g/mol. The molecule has 0 saturated carbocycles. The lowest BCUT2D eigenvalue weighted by molar-refractivity contribution is -0.155. The Morgan fingerprint density at radius 2 is 2.04 bits per heavy atom. The molecule has 2 aliphatic heterocycles. The van der Waals surface area contributed by atoms with Crippen molar-refractivity contribution in [1.82, 2.24) is 9.80 Å². The highest BCUT2D eigenvalue weighted by atomic mass is 19.1. The van der Waals surface area contributed by atoms with Crippen LogP contribution < -0.4 is 4.74 Å². The van der Waals surface area contributed by atoms with Crippen molar-refractivity contribution in [2.45, 2.75) is 51.1 Å². The Bertz CT molecular complexity index is 712. The number of likely N-dealkylation sites (tertiary alicyclic amines) is 2. The maximum atomic E-state index is 13.7. The zero-order chi connectivity index (χ0) is 18.9. The van der Waals surface area contributed by atoms with Crippen LogP contribution in [0.15, 0.2) is 18.2 Å². The fourth-order valence-corrected chi connectivity index (χ4v) is 4.38. The van der Waals surface area contributed by atoms with Crippen molar-refractivity contribution in [2.75, 3.05) is 19.7 Å². The van der Waals surface area contributed by atoms with Gasteiger partial charge < -0.3 is 14.5 Å². The number of ether oxygens (including phenoxy) is 1. The van der Waals surface area contributed by atoms with Crippen molar-refractivity contribution in [2.24, 2.45) is 0 Å². The normalized spacial score (nSPS) is 25.6. The van der Waals surface area contributed by atoms with E-state index in [4.69, 9.17) is 4.74 Å². The standard InChI is InChI=1S/C19H24F2N2O3/c1-13(24)23-10-3-5-17-19(23,2)8-4-9-22(17)18(25)12-26-16-7-6-14(20)11-15(16)21/h6-7,11,17H,3-5,8-10,12H2,1-2H3/t17-,19-/m0/s1. The Labute approximate surface area is 151 Å². The summed E-state index contributed by atoms with van der Waals surface area (Å²) in [6.45, 7) is 4.60. The molecular formula is C19H24F2N2O3. The number of carbonyl (C=O) groups is 2. The number of halogens is 2. The predicted molar refractivity (Wildman–Crippen MR) is 91.6 cm³/mol. The van der Waals surface area contributed by atoms with Crippen molar-refractivity contribution in [1.29, 1.82) is 0 Å². The lowest BCUT2D eigenvalue weighted by atomic mass is 9.76. The van der Waals surface area contributed by atoms with Crippen molar-refractivity contribution >= 4 is 11.8 Å². The van der Waals surface area contributed by atoms with Crippen LogP contribution in [0.5, 0.6) is 5.75 Å². The van der Waals surface area contributed by atoms with Crippen LogP contribution in [0.4, 0.5) is 8.78 Å². The van der Waals surface area contributed by atoms with Crippen molar-refractivity contribution in [3.05, 3.63) is 29.8 Å². The Morgan fingerprint density at radius 1 is 1.27 bits per heavy atom. The molecule has 0 radical (unpaired) electrons. The van der Waals surface area contributed by atoms with Gasteiger partial charge in [0.1, 0.15) is 5.82 Å². The highest BCUT2D eigenvalue weighted by molar-refractivity contribution is 5.79. The zero-order valence-electron chi connectivity index (χ0n) is 15.1. The Hall–Kier alpha value is -2.18. The molecule has 2 heterocycles. The number of piperidine rings is 2. The third-order valence-electron chi connectivity index (χ3n) is 5.60. The highest BCUT2D eigenvalue weighted by Gasteiger charge is 2.49. The minimum atomic E-state index is -0.832. The Kier molecular flexibility index (Phi) is 5.16. The number of benzene rings is 1.